The van der Waals surface area contributed by atoms with Crippen LogP contribution in [0.1, 0.15) is 18.4 Å². The van der Waals surface area contributed by atoms with Gasteiger partial charge in [0.25, 0.3) is 0 Å². The highest BCUT2D eigenvalue weighted by molar-refractivity contribution is 5.96. The minimum absolute atomic E-state index is 0.0287. The summed E-state index contributed by atoms with van der Waals surface area (Å²) in [4.78, 5) is 28.2. The number of para-hydroxylation sites is 1. The molecular weight excluding hydrogens is 370 g/mol. The first-order valence-electron chi connectivity index (χ1n) is 9.67. The van der Waals surface area contributed by atoms with E-state index in [1.165, 1.54) is 0 Å². The van der Waals surface area contributed by atoms with Crippen LogP contribution in [0.15, 0.2) is 48.5 Å². The molecule has 0 aliphatic carbocycles. The molecule has 1 aliphatic heterocycles. The number of amides is 3. The highest BCUT2D eigenvalue weighted by Crippen LogP contribution is 2.34. The van der Waals surface area contributed by atoms with E-state index in [0.717, 1.165) is 11.3 Å². The van der Waals surface area contributed by atoms with Gasteiger partial charge >= 0.3 is 6.03 Å². The minimum Gasteiger partial charge on any atom is -0.493 e. The second kappa shape index (κ2) is 9.32. The maximum atomic E-state index is 12.5. The van der Waals surface area contributed by atoms with E-state index >= 15 is 0 Å². The van der Waals surface area contributed by atoms with Crippen LogP contribution >= 0.6 is 0 Å². The van der Waals surface area contributed by atoms with Crippen molar-refractivity contribution in [2.45, 2.75) is 12.8 Å². The van der Waals surface area contributed by atoms with Crippen LogP contribution < -0.4 is 19.7 Å². The van der Waals surface area contributed by atoms with E-state index in [1.54, 1.807) is 24.0 Å². The predicted octanol–water partition coefficient (Wildman–Crippen LogP) is 2.87. The number of likely N-dealkylation sites (tertiary alicyclic amines) is 1. The van der Waals surface area contributed by atoms with Crippen LogP contribution in [0.4, 0.5) is 10.5 Å². The zero-order valence-electron chi connectivity index (χ0n) is 17.1. The van der Waals surface area contributed by atoms with E-state index in [4.69, 9.17) is 9.47 Å². The molecule has 1 fully saturated rings. The lowest BCUT2D eigenvalue weighted by Gasteiger charge is -2.39. The van der Waals surface area contributed by atoms with Crippen molar-refractivity contribution < 1.29 is 19.1 Å². The Morgan fingerprint density at radius 2 is 1.76 bits per heavy atom. The summed E-state index contributed by atoms with van der Waals surface area (Å²) < 4.78 is 10.6. The number of nitrogens with one attached hydrogen (secondary N) is 1. The van der Waals surface area contributed by atoms with E-state index in [0.29, 0.717) is 31.1 Å². The number of methoxy groups -OCH3 is 2. The van der Waals surface area contributed by atoms with Crippen molar-refractivity contribution in [2.75, 3.05) is 45.3 Å². The molecule has 1 saturated heterocycles. The minimum atomic E-state index is -0.223. The number of benzene rings is 2. The van der Waals surface area contributed by atoms with Gasteiger partial charge in [0.05, 0.1) is 20.8 Å². The molecule has 2 aromatic rings. The molecule has 1 N–H and O–H groups in total. The van der Waals surface area contributed by atoms with Crippen LogP contribution in [0.5, 0.6) is 11.5 Å². The first kappa shape index (κ1) is 20.5. The van der Waals surface area contributed by atoms with E-state index in [1.807, 2.05) is 55.5 Å². The van der Waals surface area contributed by atoms with Gasteiger partial charge in [-0.25, -0.2) is 4.79 Å². The monoisotopic (exact) mass is 397 g/mol. The molecular formula is C22H27N3O4. The van der Waals surface area contributed by atoms with Gasteiger partial charge in [-0.05, 0) is 36.8 Å². The number of hydrogen-bond donors (Lipinski definition) is 1. The van der Waals surface area contributed by atoms with Crippen LogP contribution in [-0.4, -0.2) is 57.2 Å². The van der Waals surface area contributed by atoms with Gasteiger partial charge in [0.2, 0.25) is 5.91 Å². The fourth-order valence-electron chi connectivity index (χ4n) is 3.43. The normalized spacial score (nSPS) is 13.4. The first-order valence-corrected chi connectivity index (χ1v) is 9.67. The van der Waals surface area contributed by atoms with Gasteiger partial charge in [-0.2, -0.15) is 0 Å². The number of likely N-dealkylation sites (N-methyl/N-ethyl adjacent to an activating group) is 1. The topological polar surface area (TPSA) is 71.1 Å². The molecule has 0 atom stereocenters. The van der Waals surface area contributed by atoms with Gasteiger partial charge in [-0.1, -0.05) is 24.3 Å². The number of rotatable bonds is 7. The fourth-order valence-corrected chi connectivity index (χ4v) is 3.43. The summed E-state index contributed by atoms with van der Waals surface area (Å²) in [6, 6.07) is 15.0. The molecule has 1 aliphatic rings. The fraction of sp³-hybridized carbons (Fsp3) is 0.364. The Morgan fingerprint density at radius 3 is 2.38 bits per heavy atom. The number of carbonyl (C=O) groups is 2. The highest BCUT2D eigenvalue weighted by Gasteiger charge is 2.32. The standard InChI is InChI=1S/C22H27N3O4/c1-4-25(18-8-6-5-7-9-18)21(26)13-23-22(27)24-14-17(15-24)16-10-11-19(28-2)20(12-16)29-3/h5-12,17H,4,13-15H2,1-3H3,(H,23,27). The predicted molar refractivity (Wildman–Crippen MR) is 112 cm³/mol. The lowest BCUT2D eigenvalue weighted by atomic mass is 9.91. The maximum Gasteiger partial charge on any atom is 0.317 e. The second-order valence-electron chi connectivity index (χ2n) is 6.85. The molecule has 0 spiro atoms. The molecule has 3 rings (SSSR count). The van der Waals surface area contributed by atoms with Crippen molar-refractivity contribution in [1.82, 2.24) is 10.2 Å². The van der Waals surface area contributed by atoms with E-state index in [-0.39, 0.29) is 24.4 Å². The molecule has 7 nitrogen and oxygen atoms in total. The zero-order chi connectivity index (χ0) is 20.8. The largest absolute Gasteiger partial charge is 0.493 e. The van der Waals surface area contributed by atoms with Crippen molar-refractivity contribution in [3.63, 3.8) is 0 Å². The van der Waals surface area contributed by atoms with Gasteiger partial charge < -0.3 is 24.6 Å². The van der Waals surface area contributed by atoms with Crippen molar-refractivity contribution in [3.05, 3.63) is 54.1 Å². The van der Waals surface area contributed by atoms with Gasteiger partial charge in [-0.15, -0.1) is 0 Å². The lowest BCUT2D eigenvalue weighted by molar-refractivity contribution is -0.117. The number of carbonyl (C=O) groups excluding carboxylic acids is 2. The van der Waals surface area contributed by atoms with Gasteiger partial charge in [0, 0.05) is 31.2 Å². The average Bonchev–Trinajstić information content (AvgIpc) is 2.72. The Labute approximate surface area is 171 Å². The summed E-state index contributed by atoms with van der Waals surface area (Å²) >= 11 is 0. The van der Waals surface area contributed by atoms with Gasteiger partial charge in [0.1, 0.15) is 0 Å². The molecule has 1 heterocycles. The molecule has 0 unspecified atom stereocenters. The quantitative estimate of drug-likeness (QED) is 0.780. The van der Waals surface area contributed by atoms with E-state index in [2.05, 4.69) is 5.32 Å². The van der Waals surface area contributed by atoms with E-state index < -0.39 is 0 Å². The number of ether oxygens (including phenoxy) is 2. The Bertz CT molecular complexity index is 850. The second-order valence-corrected chi connectivity index (χ2v) is 6.85. The van der Waals surface area contributed by atoms with Crippen LogP contribution in [0, 0.1) is 0 Å². The molecule has 0 saturated carbocycles. The Hall–Kier alpha value is -3.22. The van der Waals surface area contributed by atoms with Crippen molar-refractivity contribution in [1.29, 1.82) is 0 Å². The van der Waals surface area contributed by atoms with Crippen LogP contribution in [0.2, 0.25) is 0 Å². The first-order chi connectivity index (χ1) is 14.1. The molecule has 29 heavy (non-hydrogen) atoms. The Balaban J connectivity index is 1.50. The molecule has 0 aromatic heterocycles. The van der Waals surface area contributed by atoms with Crippen molar-refractivity contribution in [3.8, 4) is 11.5 Å². The smallest absolute Gasteiger partial charge is 0.317 e. The average molecular weight is 397 g/mol. The number of nitrogens with zero attached hydrogens (tertiary/aromatic N) is 2. The Morgan fingerprint density at radius 1 is 1.07 bits per heavy atom. The van der Waals surface area contributed by atoms with E-state index in [9.17, 15) is 9.59 Å². The van der Waals surface area contributed by atoms with Crippen molar-refractivity contribution >= 4 is 17.6 Å². The lowest BCUT2D eigenvalue weighted by Crippen LogP contribution is -2.54. The molecule has 0 radical (unpaired) electrons. The van der Waals surface area contributed by atoms with Crippen LogP contribution in [0.25, 0.3) is 0 Å². The molecule has 7 heteroatoms. The number of anilines is 1. The summed E-state index contributed by atoms with van der Waals surface area (Å²) in [5.74, 6) is 1.47. The number of urea groups is 1. The third-order valence-corrected chi connectivity index (χ3v) is 5.12. The molecule has 3 amide bonds. The van der Waals surface area contributed by atoms with Gasteiger partial charge in [-0.3, -0.25) is 4.79 Å². The molecule has 154 valence electrons. The third kappa shape index (κ3) is 4.62. The summed E-state index contributed by atoms with van der Waals surface area (Å²) in [5, 5.41) is 2.73. The summed E-state index contributed by atoms with van der Waals surface area (Å²) in [6.07, 6.45) is 0. The van der Waals surface area contributed by atoms with Crippen LogP contribution in [0.3, 0.4) is 0 Å². The maximum absolute atomic E-state index is 12.5. The number of hydrogen-bond acceptors (Lipinski definition) is 4. The summed E-state index contributed by atoms with van der Waals surface area (Å²) in [5.41, 5.74) is 1.93. The molecule has 0 bridgehead atoms. The van der Waals surface area contributed by atoms with Crippen molar-refractivity contribution in [2.24, 2.45) is 0 Å². The van der Waals surface area contributed by atoms with Gasteiger partial charge in [0.15, 0.2) is 11.5 Å². The zero-order valence-corrected chi connectivity index (χ0v) is 17.1. The summed E-state index contributed by atoms with van der Waals surface area (Å²) in [7, 11) is 3.21. The third-order valence-electron chi connectivity index (χ3n) is 5.12. The molecule has 2 aromatic carbocycles. The SMILES string of the molecule is CCN(C(=O)CNC(=O)N1CC(c2ccc(OC)c(OC)c2)C1)c1ccccc1. The summed E-state index contributed by atoms with van der Waals surface area (Å²) in [6.45, 7) is 3.64. The van der Waals surface area contributed by atoms with Crippen LogP contribution in [-0.2, 0) is 4.79 Å². The Kier molecular flexibility index (Phi) is 6.59. The highest BCUT2D eigenvalue weighted by atomic mass is 16.5.